The zero-order valence-corrected chi connectivity index (χ0v) is 12.9. The molecule has 0 saturated heterocycles. The molecular weight excluding hydrogens is 332 g/mol. The smallest absolute Gasteiger partial charge is 0.248 e. The first-order valence-corrected chi connectivity index (χ1v) is 7.13. The molecule has 3 rings (SSSR count). The average molecular weight is 345 g/mol. The number of nitrogens with zero attached hydrogens (tertiary/aromatic N) is 2. The number of nitrogen functional groups attached to an aromatic ring is 1. The van der Waals surface area contributed by atoms with Crippen molar-refractivity contribution in [2.24, 2.45) is 7.05 Å². The molecule has 0 saturated carbocycles. The Bertz CT molecular complexity index is 849. The van der Waals surface area contributed by atoms with Crippen molar-refractivity contribution in [2.75, 3.05) is 5.73 Å². The molecule has 0 aliphatic carbocycles. The molecule has 21 heavy (non-hydrogen) atoms. The number of rotatable bonds is 2. The van der Waals surface area contributed by atoms with Crippen LogP contribution in [-0.4, -0.2) is 14.8 Å². The van der Waals surface area contributed by atoms with Gasteiger partial charge in [0.05, 0.1) is 11.3 Å². The molecule has 0 atom stereocenters. The third-order valence-electron chi connectivity index (χ3n) is 3.25. The second-order valence-electron chi connectivity index (χ2n) is 4.67. The number of pyridine rings is 1. The van der Waals surface area contributed by atoms with E-state index in [2.05, 4.69) is 26.0 Å². The van der Waals surface area contributed by atoms with Crippen LogP contribution in [0.2, 0.25) is 0 Å². The number of H-pyrrole nitrogens is 1. The third kappa shape index (κ3) is 2.50. The van der Waals surface area contributed by atoms with Gasteiger partial charge in [0.15, 0.2) is 0 Å². The number of nitrogens with one attached hydrogen (secondary N) is 1. The first-order valence-electron chi connectivity index (χ1n) is 6.34. The summed E-state index contributed by atoms with van der Waals surface area (Å²) < 4.78 is 2.60. The van der Waals surface area contributed by atoms with Gasteiger partial charge in [-0.2, -0.15) is 5.10 Å². The van der Waals surface area contributed by atoms with E-state index < -0.39 is 0 Å². The maximum atomic E-state index is 11.5. The van der Waals surface area contributed by atoms with E-state index in [0.29, 0.717) is 17.2 Å². The lowest BCUT2D eigenvalue weighted by atomic mass is 10.0. The second-order valence-corrected chi connectivity index (χ2v) is 5.58. The number of hydrogen-bond acceptors (Lipinski definition) is 3. The molecule has 0 bridgehead atoms. The molecule has 0 unspecified atom stereocenters. The highest BCUT2D eigenvalue weighted by Crippen LogP contribution is 2.35. The predicted molar refractivity (Wildman–Crippen MR) is 86.8 cm³/mol. The molecule has 106 valence electrons. The molecule has 0 aliphatic rings. The lowest BCUT2D eigenvalue weighted by Gasteiger charge is -2.04. The van der Waals surface area contributed by atoms with Crippen molar-refractivity contribution in [1.29, 1.82) is 0 Å². The van der Waals surface area contributed by atoms with Crippen molar-refractivity contribution < 1.29 is 0 Å². The fourth-order valence-corrected chi connectivity index (χ4v) is 2.48. The van der Waals surface area contributed by atoms with Gasteiger partial charge >= 0.3 is 0 Å². The summed E-state index contributed by atoms with van der Waals surface area (Å²) in [5.41, 5.74) is 9.05. The second kappa shape index (κ2) is 5.21. The predicted octanol–water partition coefficient (Wildman–Crippen LogP) is 2.79. The summed E-state index contributed by atoms with van der Waals surface area (Å²) in [5, 5.41) is 4.43. The summed E-state index contributed by atoms with van der Waals surface area (Å²) in [5.74, 6) is 0.553. The van der Waals surface area contributed by atoms with Crippen LogP contribution in [0.25, 0.3) is 22.5 Å². The summed E-state index contributed by atoms with van der Waals surface area (Å²) >= 11 is 3.42. The minimum atomic E-state index is -0.168. The van der Waals surface area contributed by atoms with E-state index in [1.54, 1.807) is 17.8 Å². The molecule has 2 heterocycles. The van der Waals surface area contributed by atoms with Gasteiger partial charge in [-0.1, -0.05) is 34.1 Å². The van der Waals surface area contributed by atoms with Crippen LogP contribution in [0.1, 0.15) is 0 Å². The van der Waals surface area contributed by atoms with Gasteiger partial charge in [-0.15, -0.1) is 0 Å². The minimum absolute atomic E-state index is 0.168. The van der Waals surface area contributed by atoms with Gasteiger partial charge < -0.3 is 10.7 Å². The van der Waals surface area contributed by atoms with Crippen LogP contribution < -0.4 is 11.3 Å². The molecule has 0 aliphatic heterocycles. The van der Waals surface area contributed by atoms with Crippen molar-refractivity contribution in [3.63, 3.8) is 0 Å². The van der Waals surface area contributed by atoms with E-state index in [0.717, 1.165) is 15.6 Å². The zero-order valence-electron chi connectivity index (χ0n) is 11.3. The number of nitrogens with two attached hydrogens (primary N) is 1. The molecule has 0 spiro atoms. The Balaban J connectivity index is 2.25. The van der Waals surface area contributed by atoms with E-state index in [-0.39, 0.29) is 5.56 Å². The number of halogens is 1. The quantitative estimate of drug-likeness (QED) is 0.750. The minimum Gasteiger partial charge on any atom is -0.383 e. The molecule has 6 heteroatoms. The standard InChI is InChI=1S/C15H13BrN4O/c1-20-15(17)13(9-5-7-10(16)8-6-9)14(19-20)11-3-2-4-12(21)18-11/h2-8H,17H2,1H3,(H,18,21). The summed E-state index contributed by atoms with van der Waals surface area (Å²) in [6.07, 6.45) is 0. The summed E-state index contributed by atoms with van der Waals surface area (Å²) in [6, 6.07) is 12.8. The summed E-state index contributed by atoms with van der Waals surface area (Å²) in [7, 11) is 1.78. The Morgan fingerprint density at radius 2 is 1.90 bits per heavy atom. The van der Waals surface area contributed by atoms with E-state index in [4.69, 9.17) is 5.73 Å². The topological polar surface area (TPSA) is 76.7 Å². The highest BCUT2D eigenvalue weighted by Gasteiger charge is 2.17. The largest absolute Gasteiger partial charge is 0.383 e. The first kappa shape index (κ1) is 13.6. The maximum absolute atomic E-state index is 11.5. The van der Waals surface area contributed by atoms with Crippen LogP contribution in [0, 0.1) is 0 Å². The zero-order chi connectivity index (χ0) is 15.0. The van der Waals surface area contributed by atoms with Gasteiger partial charge in [-0.05, 0) is 23.8 Å². The van der Waals surface area contributed by atoms with Gasteiger partial charge in [0.1, 0.15) is 11.5 Å². The van der Waals surface area contributed by atoms with Crippen molar-refractivity contribution in [1.82, 2.24) is 14.8 Å². The number of hydrogen-bond donors (Lipinski definition) is 2. The van der Waals surface area contributed by atoms with E-state index in [9.17, 15) is 4.79 Å². The highest BCUT2D eigenvalue weighted by molar-refractivity contribution is 9.10. The fraction of sp³-hybridized carbons (Fsp3) is 0.0667. The van der Waals surface area contributed by atoms with Crippen LogP contribution in [0.3, 0.4) is 0 Å². The monoisotopic (exact) mass is 344 g/mol. The number of aryl methyl sites for hydroxylation is 1. The highest BCUT2D eigenvalue weighted by atomic mass is 79.9. The Morgan fingerprint density at radius 3 is 2.57 bits per heavy atom. The number of aromatic amines is 1. The molecule has 1 aromatic carbocycles. The van der Waals surface area contributed by atoms with Crippen molar-refractivity contribution in [3.8, 4) is 22.5 Å². The van der Waals surface area contributed by atoms with Crippen LogP contribution in [0.4, 0.5) is 5.82 Å². The molecule has 0 radical (unpaired) electrons. The van der Waals surface area contributed by atoms with E-state index in [1.165, 1.54) is 6.07 Å². The molecule has 0 amide bonds. The van der Waals surface area contributed by atoms with Crippen molar-refractivity contribution in [2.45, 2.75) is 0 Å². The van der Waals surface area contributed by atoms with Crippen molar-refractivity contribution >= 4 is 21.7 Å². The maximum Gasteiger partial charge on any atom is 0.248 e. The van der Waals surface area contributed by atoms with E-state index in [1.807, 2.05) is 30.3 Å². The summed E-state index contributed by atoms with van der Waals surface area (Å²) in [6.45, 7) is 0. The lowest BCUT2D eigenvalue weighted by molar-refractivity contribution is 0.781. The van der Waals surface area contributed by atoms with Gasteiger partial charge in [-0.3, -0.25) is 9.48 Å². The molecule has 5 nitrogen and oxygen atoms in total. The normalized spacial score (nSPS) is 10.8. The van der Waals surface area contributed by atoms with Gasteiger partial charge in [0.2, 0.25) is 5.56 Å². The Morgan fingerprint density at radius 1 is 1.19 bits per heavy atom. The van der Waals surface area contributed by atoms with Gasteiger partial charge in [-0.25, -0.2) is 0 Å². The molecule has 3 aromatic rings. The van der Waals surface area contributed by atoms with Crippen LogP contribution >= 0.6 is 15.9 Å². The molecular formula is C15H13BrN4O. The van der Waals surface area contributed by atoms with Crippen LogP contribution in [-0.2, 0) is 7.05 Å². The van der Waals surface area contributed by atoms with Gasteiger partial charge in [0, 0.05) is 17.6 Å². The Hall–Kier alpha value is -2.34. The number of aromatic nitrogens is 3. The number of anilines is 1. The van der Waals surface area contributed by atoms with Crippen LogP contribution in [0.5, 0.6) is 0 Å². The van der Waals surface area contributed by atoms with Crippen LogP contribution in [0.15, 0.2) is 51.7 Å². The molecule has 0 fully saturated rings. The Kier molecular flexibility index (Phi) is 3.39. The molecule has 2 aromatic heterocycles. The van der Waals surface area contributed by atoms with Crippen molar-refractivity contribution in [3.05, 3.63) is 57.3 Å². The van der Waals surface area contributed by atoms with E-state index >= 15 is 0 Å². The SMILES string of the molecule is Cn1nc(-c2cccc(=O)[nH]2)c(-c2ccc(Br)cc2)c1N. The number of benzene rings is 1. The van der Waals surface area contributed by atoms with Gasteiger partial charge in [0.25, 0.3) is 0 Å². The Labute approximate surface area is 129 Å². The first-order chi connectivity index (χ1) is 10.1. The molecule has 3 N–H and O–H groups in total. The lowest BCUT2D eigenvalue weighted by Crippen LogP contribution is -2.04. The third-order valence-corrected chi connectivity index (χ3v) is 3.78. The average Bonchev–Trinajstić information content (AvgIpc) is 2.76. The summed E-state index contributed by atoms with van der Waals surface area (Å²) in [4.78, 5) is 14.3. The fourth-order valence-electron chi connectivity index (χ4n) is 2.21.